The molecule has 1 fully saturated rings. The van der Waals surface area contributed by atoms with Crippen molar-refractivity contribution >= 4 is 34.8 Å². The van der Waals surface area contributed by atoms with E-state index in [4.69, 9.17) is 16.3 Å². The van der Waals surface area contributed by atoms with E-state index in [1.54, 1.807) is 48.5 Å². The Bertz CT molecular complexity index is 1080. The molecule has 3 aromatic rings. The zero-order valence-corrected chi connectivity index (χ0v) is 16.6. The second-order valence-electron chi connectivity index (χ2n) is 7.08. The maximum atomic E-state index is 13.1. The molecule has 1 saturated heterocycles. The number of amides is 2. The van der Waals surface area contributed by atoms with Gasteiger partial charge in [-0.1, -0.05) is 29.8 Å². The number of anilines is 2. The molecule has 2 amide bonds. The number of rotatable bonds is 5. The fraction of sp³-hybridized carbons (Fsp3) is 0.130. The Hall–Kier alpha value is -3.22. The van der Waals surface area contributed by atoms with Gasteiger partial charge in [-0.2, -0.15) is 0 Å². The molecule has 152 valence electrons. The summed E-state index contributed by atoms with van der Waals surface area (Å²) >= 11 is 5.93. The normalized spacial score (nSPS) is 14.5. The van der Waals surface area contributed by atoms with Crippen molar-refractivity contribution in [2.24, 2.45) is 0 Å². The average molecular weight is 425 g/mol. The van der Waals surface area contributed by atoms with E-state index in [9.17, 15) is 14.0 Å². The van der Waals surface area contributed by atoms with Gasteiger partial charge in [0, 0.05) is 22.0 Å². The van der Waals surface area contributed by atoms with Crippen LogP contribution in [-0.4, -0.2) is 25.0 Å². The number of nitrogens with one attached hydrogen (secondary N) is 2. The van der Waals surface area contributed by atoms with Gasteiger partial charge in [-0.3, -0.25) is 9.59 Å². The van der Waals surface area contributed by atoms with E-state index in [1.165, 1.54) is 24.3 Å². The van der Waals surface area contributed by atoms with Gasteiger partial charge in [0.2, 0.25) is 5.91 Å². The average Bonchev–Trinajstić information content (AvgIpc) is 2.70. The fourth-order valence-electron chi connectivity index (χ4n) is 3.22. The quantitative estimate of drug-likeness (QED) is 0.627. The van der Waals surface area contributed by atoms with Crippen molar-refractivity contribution in [1.29, 1.82) is 0 Å². The summed E-state index contributed by atoms with van der Waals surface area (Å²) in [6.07, 6.45) is 0. The number of carbonyl (C=O) groups is 2. The summed E-state index contributed by atoms with van der Waals surface area (Å²) in [5.74, 6) is -0.873. The van der Waals surface area contributed by atoms with Crippen molar-refractivity contribution in [3.63, 3.8) is 0 Å². The summed E-state index contributed by atoms with van der Waals surface area (Å²) in [5.41, 5.74) is 1.50. The summed E-state index contributed by atoms with van der Waals surface area (Å²) in [4.78, 5) is 25.3. The molecule has 7 heteroatoms. The van der Waals surface area contributed by atoms with E-state index >= 15 is 0 Å². The lowest BCUT2D eigenvalue weighted by atomic mass is 9.77. The Labute approximate surface area is 177 Å². The van der Waals surface area contributed by atoms with Gasteiger partial charge in [0.15, 0.2) is 0 Å². The van der Waals surface area contributed by atoms with Gasteiger partial charge in [-0.25, -0.2) is 4.39 Å². The SMILES string of the molecule is O=C(Nc1ccc(C2(C(=O)Nc3ccc(F)cc3)COC2)cc1)c1cccc(Cl)c1. The highest BCUT2D eigenvalue weighted by Gasteiger charge is 2.47. The van der Waals surface area contributed by atoms with Crippen LogP contribution in [-0.2, 0) is 14.9 Å². The van der Waals surface area contributed by atoms with Crippen LogP contribution in [0.25, 0.3) is 0 Å². The molecule has 0 atom stereocenters. The topological polar surface area (TPSA) is 67.4 Å². The number of halogens is 2. The minimum atomic E-state index is -0.829. The Balaban J connectivity index is 1.48. The molecule has 0 spiro atoms. The highest BCUT2D eigenvalue weighted by molar-refractivity contribution is 6.31. The van der Waals surface area contributed by atoms with Crippen LogP contribution in [0.5, 0.6) is 0 Å². The minimum absolute atomic E-state index is 0.226. The molecule has 4 rings (SSSR count). The van der Waals surface area contributed by atoms with E-state index in [1.807, 2.05) is 0 Å². The maximum absolute atomic E-state index is 13.1. The van der Waals surface area contributed by atoms with E-state index in [0.29, 0.717) is 22.0 Å². The van der Waals surface area contributed by atoms with Crippen LogP contribution in [0, 0.1) is 5.82 Å². The molecule has 3 aromatic carbocycles. The number of hydrogen-bond donors (Lipinski definition) is 2. The van der Waals surface area contributed by atoms with Gasteiger partial charge in [0.1, 0.15) is 11.2 Å². The lowest BCUT2D eigenvalue weighted by Crippen LogP contribution is -2.55. The van der Waals surface area contributed by atoms with E-state index in [2.05, 4.69) is 10.6 Å². The van der Waals surface area contributed by atoms with Crippen LogP contribution in [0.1, 0.15) is 15.9 Å². The Kier molecular flexibility index (Phi) is 5.53. The van der Waals surface area contributed by atoms with Crippen molar-refractivity contribution < 1.29 is 18.7 Å². The first-order chi connectivity index (χ1) is 14.5. The largest absolute Gasteiger partial charge is 0.378 e. The first-order valence-corrected chi connectivity index (χ1v) is 9.66. The number of ether oxygens (including phenoxy) is 1. The molecular weight excluding hydrogens is 407 g/mol. The first-order valence-electron chi connectivity index (χ1n) is 9.28. The summed E-state index contributed by atoms with van der Waals surface area (Å²) in [6, 6.07) is 19.3. The smallest absolute Gasteiger partial charge is 0.255 e. The van der Waals surface area contributed by atoms with Crippen LogP contribution < -0.4 is 10.6 Å². The molecule has 5 nitrogen and oxygen atoms in total. The third-order valence-corrected chi connectivity index (χ3v) is 5.25. The molecule has 0 aliphatic carbocycles. The van der Waals surface area contributed by atoms with Crippen LogP contribution in [0.3, 0.4) is 0 Å². The van der Waals surface area contributed by atoms with Crippen molar-refractivity contribution in [2.45, 2.75) is 5.41 Å². The van der Waals surface area contributed by atoms with Gasteiger partial charge in [-0.15, -0.1) is 0 Å². The van der Waals surface area contributed by atoms with E-state index in [0.717, 1.165) is 5.56 Å². The molecular formula is C23H18ClFN2O3. The first kappa shape index (κ1) is 20.1. The van der Waals surface area contributed by atoms with Crippen LogP contribution in [0.4, 0.5) is 15.8 Å². The molecule has 0 bridgehead atoms. The Morgan fingerprint density at radius 1 is 0.900 bits per heavy atom. The summed E-state index contributed by atoms with van der Waals surface area (Å²) in [5, 5.41) is 6.11. The van der Waals surface area contributed by atoms with Gasteiger partial charge < -0.3 is 15.4 Å². The van der Waals surface area contributed by atoms with Crippen LogP contribution in [0.2, 0.25) is 5.02 Å². The Morgan fingerprint density at radius 3 is 2.13 bits per heavy atom. The third-order valence-electron chi connectivity index (χ3n) is 5.02. The third kappa shape index (κ3) is 4.06. The second kappa shape index (κ2) is 8.26. The van der Waals surface area contributed by atoms with Gasteiger partial charge in [-0.05, 0) is 60.2 Å². The predicted molar refractivity (Wildman–Crippen MR) is 113 cm³/mol. The molecule has 1 heterocycles. The zero-order chi connectivity index (χ0) is 21.1. The molecule has 0 saturated carbocycles. The molecule has 30 heavy (non-hydrogen) atoms. The summed E-state index contributed by atoms with van der Waals surface area (Å²) in [7, 11) is 0. The zero-order valence-electron chi connectivity index (χ0n) is 15.8. The number of benzene rings is 3. The monoisotopic (exact) mass is 424 g/mol. The lowest BCUT2D eigenvalue weighted by Gasteiger charge is -2.40. The number of hydrogen-bond acceptors (Lipinski definition) is 3. The van der Waals surface area contributed by atoms with E-state index in [-0.39, 0.29) is 30.8 Å². The predicted octanol–water partition coefficient (Wildman–Crippen LogP) is 4.64. The molecule has 0 aromatic heterocycles. The number of carbonyl (C=O) groups excluding carboxylic acids is 2. The minimum Gasteiger partial charge on any atom is -0.378 e. The van der Waals surface area contributed by atoms with Gasteiger partial charge in [0.05, 0.1) is 13.2 Å². The second-order valence-corrected chi connectivity index (χ2v) is 7.51. The molecule has 2 N–H and O–H groups in total. The van der Waals surface area contributed by atoms with Crippen molar-refractivity contribution in [3.8, 4) is 0 Å². The van der Waals surface area contributed by atoms with Crippen LogP contribution >= 0.6 is 11.6 Å². The molecule has 1 aliphatic heterocycles. The summed E-state index contributed by atoms with van der Waals surface area (Å²) in [6.45, 7) is 0.489. The Morgan fingerprint density at radius 2 is 1.53 bits per heavy atom. The maximum Gasteiger partial charge on any atom is 0.255 e. The van der Waals surface area contributed by atoms with Crippen molar-refractivity contribution in [1.82, 2.24) is 0 Å². The van der Waals surface area contributed by atoms with Gasteiger partial charge >= 0.3 is 0 Å². The molecule has 0 unspecified atom stereocenters. The highest BCUT2D eigenvalue weighted by Crippen LogP contribution is 2.34. The van der Waals surface area contributed by atoms with Crippen molar-refractivity contribution in [3.05, 3.63) is 94.8 Å². The standard InChI is InChI=1S/C23H18ClFN2O3/c24-17-3-1-2-15(12-17)21(28)26-19-8-4-16(5-9-19)23(13-30-14-23)22(29)27-20-10-6-18(25)7-11-20/h1-12H,13-14H2,(H,26,28)(H,27,29). The lowest BCUT2D eigenvalue weighted by molar-refractivity contribution is -0.139. The van der Waals surface area contributed by atoms with Crippen molar-refractivity contribution in [2.75, 3.05) is 23.8 Å². The van der Waals surface area contributed by atoms with Crippen LogP contribution in [0.15, 0.2) is 72.8 Å². The van der Waals surface area contributed by atoms with Gasteiger partial charge in [0.25, 0.3) is 5.91 Å². The fourth-order valence-corrected chi connectivity index (χ4v) is 3.41. The molecule has 0 radical (unpaired) electrons. The van der Waals surface area contributed by atoms with E-state index < -0.39 is 5.41 Å². The molecule has 1 aliphatic rings. The highest BCUT2D eigenvalue weighted by atomic mass is 35.5. The summed E-state index contributed by atoms with van der Waals surface area (Å²) < 4.78 is 18.4.